The summed E-state index contributed by atoms with van der Waals surface area (Å²) < 4.78 is 12.3. The van der Waals surface area contributed by atoms with Gasteiger partial charge in [-0.05, 0) is 69.6 Å². The standard InChI is InChI=1S/C26H29N3O4/c1-29-10-7-15(8-11-29)12-16(30)13-20-24-19-14-17(2-4-21(19)33-25(20)24)32-22-6-9-27-26-18(22)3-5-23(31)28-26/h2,4,6,9,14-15,20,24-25H,3,5,7-8,10-13H2,1H3,(H,27,28,31)/t20-,24-,25+/m0/s1. The lowest BCUT2D eigenvalue weighted by atomic mass is 9.90. The number of amides is 1. The van der Waals surface area contributed by atoms with E-state index < -0.39 is 0 Å². The number of fused-ring (bicyclic) bond motifs is 4. The van der Waals surface area contributed by atoms with E-state index in [1.54, 1.807) is 6.20 Å². The second-order valence-corrected chi connectivity index (χ2v) is 9.95. The molecule has 3 aliphatic heterocycles. The van der Waals surface area contributed by atoms with Gasteiger partial charge in [-0.1, -0.05) is 0 Å². The molecule has 1 aliphatic carbocycles. The number of ketones is 1. The third-order valence-electron chi connectivity index (χ3n) is 7.62. The first-order valence-corrected chi connectivity index (χ1v) is 12.0. The average Bonchev–Trinajstić information content (AvgIpc) is 3.31. The summed E-state index contributed by atoms with van der Waals surface area (Å²) in [7, 11) is 2.15. The zero-order valence-electron chi connectivity index (χ0n) is 18.9. The highest BCUT2D eigenvalue weighted by Gasteiger charge is 2.59. The average molecular weight is 448 g/mol. The van der Waals surface area contributed by atoms with Gasteiger partial charge < -0.3 is 19.7 Å². The minimum absolute atomic E-state index is 0.0157. The minimum atomic E-state index is -0.0157. The minimum Gasteiger partial charge on any atom is -0.489 e. The number of carbonyl (C=O) groups is 2. The van der Waals surface area contributed by atoms with E-state index in [2.05, 4.69) is 28.3 Å². The van der Waals surface area contributed by atoms with E-state index in [4.69, 9.17) is 9.47 Å². The molecule has 172 valence electrons. The van der Waals surface area contributed by atoms with Crippen LogP contribution in [0.5, 0.6) is 17.2 Å². The number of ether oxygens (including phenoxy) is 2. The van der Waals surface area contributed by atoms with Crippen LogP contribution in [0.15, 0.2) is 30.5 Å². The number of aromatic nitrogens is 1. The Morgan fingerprint density at radius 2 is 2.06 bits per heavy atom. The molecule has 0 unspecified atom stereocenters. The summed E-state index contributed by atoms with van der Waals surface area (Å²) in [6.45, 7) is 2.19. The van der Waals surface area contributed by atoms with Crippen molar-refractivity contribution in [3.8, 4) is 17.2 Å². The molecule has 7 nitrogen and oxygen atoms in total. The Balaban J connectivity index is 1.11. The molecule has 2 fully saturated rings. The molecule has 1 aromatic carbocycles. The van der Waals surface area contributed by atoms with Gasteiger partial charge in [-0.2, -0.15) is 0 Å². The number of pyridine rings is 1. The Hall–Kier alpha value is -2.93. The smallest absolute Gasteiger partial charge is 0.225 e. The van der Waals surface area contributed by atoms with Crippen LogP contribution in [0.25, 0.3) is 0 Å². The highest BCUT2D eigenvalue weighted by atomic mass is 16.5. The van der Waals surface area contributed by atoms with Crippen molar-refractivity contribution in [3.05, 3.63) is 41.6 Å². The molecular formula is C26H29N3O4. The Morgan fingerprint density at radius 1 is 1.21 bits per heavy atom. The van der Waals surface area contributed by atoms with Crippen molar-refractivity contribution in [1.29, 1.82) is 0 Å². The first-order chi connectivity index (χ1) is 16.0. The zero-order chi connectivity index (χ0) is 22.5. The molecule has 1 N–H and O–H groups in total. The molecular weight excluding hydrogens is 418 g/mol. The summed E-state index contributed by atoms with van der Waals surface area (Å²) in [6.07, 6.45) is 6.41. The highest BCUT2D eigenvalue weighted by molar-refractivity contribution is 5.93. The predicted molar refractivity (Wildman–Crippen MR) is 123 cm³/mol. The molecule has 1 amide bonds. The summed E-state index contributed by atoms with van der Waals surface area (Å²) in [5, 5.41) is 2.81. The van der Waals surface area contributed by atoms with Crippen LogP contribution < -0.4 is 14.8 Å². The summed E-state index contributed by atoms with van der Waals surface area (Å²) >= 11 is 0. The number of rotatable bonds is 6. The molecule has 4 aliphatic rings. The fraction of sp³-hybridized carbons (Fsp3) is 0.500. The molecule has 0 radical (unpaired) electrons. The molecule has 0 bridgehead atoms. The topological polar surface area (TPSA) is 80.8 Å². The summed E-state index contributed by atoms with van der Waals surface area (Å²) in [5.41, 5.74) is 2.07. The molecule has 6 rings (SSSR count). The Morgan fingerprint density at radius 3 is 2.91 bits per heavy atom. The molecule has 7 heteroatoms. The monoisotopic (exact) mass is 447 g/mol. The molecule has 1 aromatic heterocycles. The third kappa shape index (κ3) is 3.99. The highest BCUT2D eigenvalue weighted by Crippen LogP contribution is 2.60. The van der Waals surface area contributed by atoms with Crippen LogP contribution in [-0.2, 0) is 16.0 Å². The first-order valence-electron chi connectivity index (χ1n) is 12.0. The van der Waals surface area contributed by atoms with Crippen LogP contribution in [0.4, 0.5) is 5.82 Å². The first kappa shape index (κ1) is 20.7. The number of carbonyl (C=O) groups excluding carboxylic acids is 2. The number of piperidine rings is 1. The fourth-order valence-electron chi connectivity index (χ4n) is 5.67. The van der Waals surface area contributed by atoms with Crippen LogP contribution >= 0.6 is 0 Å². The van der Waals surface area contributed by atoms with Crippen molar-refractivity contribution >= 4 is 17.5 Å². The van der Waals surface area contributed by atoms with E-state index >= 15 is 0 Å². The van der Waals surface area contributed by atoms with Gasteiger partial charge in [-0.25, -0.2) is 4.98 Å². The van der Waals surface area contributed by atoms with Gasteiger partial charge in [0.1, 0.15) is 35.0 Å². The van der Waals surface area contributed by atoms with Gasteiger partial charge in [0.15, 0.2) is 0 Å². The van der Waals surface area contributed by atoms with Gasteiger partial charge in [-0.15, -0.1) is 0 Å². The number of nitrogens with one attached hydrogen (secondary N) is 1. The zero-order valence-corrected chi connectivity index (χ0v) is 18.9. The van der Waals surface area contributed by atoms with Crippen molar-refractivity contribution in [3.63, 3.8) is 0 Å². The van der Waals surface area contributed by atoms with Crippen molar-refractivity contribution in [1.82, 2.24) is 9.88 Å². The maximum Gasteiger partial charge on any atom is 0.225 e. The van der Waals surface area contributed by atoms with Gasteiger partial charge in [-0.3, -0.25) is 9.59 Å². The number of hydrogen-bond acceptors (Lipinski definition) is 6. The third-order valence-corrected chi connectivity index (χ3v) is 7.62. The largest absolute Gasteiger partial charge is 0.489 e. The molecule has 4 heterocycles. The van der Waals surface area contributed by atoms with Crippen LogP contribution in [0.2, 0.25) is 0 Å². The fourth-order valence-corrected chi connectivity index (χ4v) is 5.67. The lowest BCUT2D eigenvalue weighted by Crippen LogP contribution is -2.31. The predicted octanol–water partition coefficient (Wildman–Crippen LogP) is 3.92. The van der Waals surface area contributed by atoms with Crippen LogP contribution in [0.1, 0.15) is 49.1 Å². The van der Waals surface area contributed by atoms with E-state index in [-0.39, 0.29) is 23.8 Å². The van der Waals surface area contributed by atoms with Gasteiger partial charge in [0.25, 0.3) is 0 Å². The summed E-state index contributed by atoms with van der Waals surface area (Å²) in [4.78, 5) is 31.0. The molecule has 1 saturated heterocycles. The summed E-state index contributed by atoms with van der Waals surface area (Å²) in [6, 6.07) is 7.77. The second-order valence-electron chi connectivity index (χ2n) is 9.95. The number of benzene rings is 1. The van der Waals surface area contributed by atoms with Crippen LogP contribution in [0.3, 0.4) is 0 Å². The molecule has 33 heavy (non-hydrogen) atoms. The molecule has 2 aromatic rings. The Labute approximate surface area is 193 Å². The number of nitrogens with zero attached hydrogens (tertiary/aromatic N) is 2. The summed E-state index contributed by atoms with van der Waals surface area (Å²) in [5.74, 6) is 4.43. The quantitative estimate of drug-likeness (QED) is 0.723. The van der Waals surface area contributed by atoms with Gasteiger partial charge >= 0.3 is 0 Å². The van der Waals surface area contributed by atoms with E-state index in [0.29, 0.717) is 43.2 Å². The molecule has 3 atom stereocenters. The van der Waals surface area contributed by atoms with E-state index in [1.165, 1.54) is 0 Å². The SMILES string of the molecule is CN1CCC(CC(=O)C[C@@H]2[C@H]3Oc4ccc(Oc5ccnc6c5CCC(=O)N6)cc4[C@@H]23)CC1. The van der Waals surface area contributed by atoms with Crippen LogP contribution in [-0.4, -0.2) is 47.8 Å². The normalized spacial score (nSPS) is 26.0. The van der Waals surface area contributed by atoms with E-state index in [0.717, 1.165) is 54.3 Å². The van der Waals surface area contributed by atoms with Crippen molar-refractivity contribution in [2.24, 2.45) is 11.8 Å². The number of Topliss-reactive ketones (excluding diaryl/α,β-unsaturated/α-hetero) is 1. The molecule has 1 saturated carbocycles. The number of likely N-dealkylation sites (tertiary alicyclic amines) is 1. The van der Waals surface area contributed by atoms with Crippen molar-refractivity contribution in [2.45, 2.75) is 50.5 Å². The van der Waals surface area contributed by atoms with Crippen molar-refractivity contribution in [2.75, 3.05) is 25.5 Å². The Kier molecular flexibility index (Phi) is 5.09. The molecule has 0 spiro atoms. The second kappa shape index (κ2) is 8.13. The maximum atomic E-state index is 12.7. The number of anilines is 1. The maximum absolute atomic E-state index is 12.7. The lowest BCUT2D eigenvalue weighted by molar-refractivity contribution is -0.121. The van der Waals surface area contributed by atoms with E-state index in [9.17, 15) is 9.59 Å². The van der Waals surface area contributed by atoms with Crippen molar-refractivity contribution < 1.29 is 19.1 Å². The van der Waals surface area contributed by atoms with Crippen LogP contribution in [0, 0.1) is 11.8 Å². The lowest BCUT2D eigenvalue weighted by Gasteiger charge is -2.28. The van der Waals surface area contributed by atoms with Gasteiger partial charge in [0.2, 0.25) is 5.91 Å². The number of hydrogen-bond donors (Lipinski definition) is 1. The van der Waals surface area contributed by atoms with Gasteiger partial charge in [0, 0.05) is 48.4 Å². The van der Waals surface area contributed by atoms with E-state index in [1.807, 2.05) is 18.2 Å². The van der Waals surface area contributed by atoms with Gasteiger partial charge in [0.05, 0.1) is 0 Å². The Bertz CT molecular complexity index is 1110.